The van der Waals surface area contributed by atoms with Crippen molar-refractivity contribution in [2.24, 2.45) is 16.8 Å². The van der Waals surface area contributed by atoms with Gasteiger partial charge in [0.1, 0.15) is 0 Å². The Morgan fingerprint density at radius 3 is 2.80 bits per heavy atom. The summed E-state index contributed by atoms with van der Waals surface area (Å²) in [5.74, 6) is -0.553. The molecule has 108 valence electrons. The molecule has 5 nitrogen and oxygen atoms in total. The first-order valence-electron chi connectivity index (χ1n) is 7.00. The number of nitrogens with two attached hydrogens (primary N) is 1. The molecule has 1 aromatic rings. The zero-order valence-electron chi connectivity index (χ0n) is 11.7. The molecule has 0 aromatic heterocycles. The third kappa shape index (κ3) is 2.92. The second-order valence-electron chi connectivity index (χ2n) is 5.14. The molecule has 0 bridgehead atoms. The molecule has 2 rings (SSSR count). The Kier molecular flexibility index (Phi) is 4.61. The Bertz CT molecular complexity index is 514. The lowest BCUT2D eigenvalue weighted by atomic mass is 9.96. The molecule has 1 heterocycles. The SMILES string of the molecule is CCCC(C(=O)N1CCc2ccccc2C1)C(N)=NO. The average molecular weight is 275 g/mol. The van der Waals surface area contributed by atoms with Gasteiger partial charge in [0, 0.05) is 13.1 Å². The van der Waals surface area contributed by atoms with E-state index < -0.39 is 5.92 Å². The van der Waals surface area contributed by atoms with Crippen LogP contribution in [0.1, 0.15) is 30.9 Å². The van der Waals surface area contributed by atoms with E-state index in [2.05, 4.69) is 11.2 Å². The summed E-state index contributed by atoms with van der Waals surface area (Å²) < 4.78 is 0. The third-order valence-corrected chi connectivity index (χ3v) is 3.79. The minimum absolute atomic E-state index is 0.00992. The highest BCUT2D eigenvalue weighted by molar-refractivity contribution is 6.02. The monoisotopic (exact) mass is 275 g/mol. The normalized spacial score (nSPS) is 16.6. The lowest BCUT2D eigenvalue weighted by molar-refractivity contribution is -0.134. The smallest absolute Gasteiger partial charge is 0.233 e. The van der Waals surface area contributed by atoms with Crippen molar-refractivity contribution >= 4 is 11.7 Å². The molecule has 1 unspecified atom stereocenters. The highest BCUT2D eigenvalue weighted by Gasteiger charge is 2.29. The first-order chi connectivity index (χ1) is 9.67. The molecule has 1 aromatic carbocycles. The van der Waals surface area contributed by atoms with Gasteiger partial charge in [-0.25, -0.2) is 0 Å². The molecule has 0 saturated heterocycles. The zero-order valence-corrected chi connectivity index (χ0v) is 11.7. The van der Waals surface area contributed by atoms with E-state index in [0.29, 0.717) is 19.5 Å². The van der Waals surface area contributed by atoms with Gasteiger partial charge in [-0.1, -0.05) is 42.8 Å². The van der Waals surface area contributed by atoms with Crippen molar-refractivity contribution < 1.29 is 10.0 Å². The Morgan fingerprint density at radius 1 is 1.45 bits per heavy atom. The van der Waals surface area contributed by atoms with Crippen LogP contribution in [0.15, 0.2) is 29.4 Å². The van der Waals surface area contributed by atoms with E-state index >= 15 is 0 Å². The molecule has 20 heavy (non-hydrogen) atoms. The maximum Gasteiger partial charge on any atom is 0.233 e. The minimum atomic E-state index is -0.518. The summed E-state index contributed by atoms with van der Waals surface area (Å²) in [7, 11) is 0. The molecule has 5 heteroatoms. The fourth-order valence-corrected chi connectivity index (χ4v) is 2.66. The van der Waals surface area contributed by atoms with Crippen molar-refractivity contribution in [2.45, 2.75) is 32.7 Å². The number of hydrogen-bond acceptors (Lipinski definition) is 3. The summed E-state index contributed by atoms with van der Waals surface area (Å²) in [5, 5.41) is 11.8. The number of carbonyl (C=O) groups is 1. The fourth-order valence-electron chi connectivity index (χ4n) is 2.66. The molecule has 3 N–H and O–H groups in total. The van der Waals surface area contributed by atoms with Gasteiger partial charge >= 0.3 is 0 Å². The summed E-state index contributed by atoms with van der Waals surface area (Å²) in [6, 6.07) is 8.16. The quantitative estimate of drug-likeness (QED) is 0.380. The molecule has 0 aliphatic carbocycles. The molecule has 1 amide bonds. The summed E-state index contributed by atoms with van der Waals surface area (Å²) in [4.78, 5) is 14.4. The molecular formula is C15H21N3O2. The lowest BCUT2D eigenvalue weighted by Crippen LogP contribution is -2.44. The lowest BCUT2D eigenvalue weighted by Gasteiger charge is -2.31. The van der Waals surface area contributed by atoms with Crippen molar-refractivity contribution in [3.63, 3.8) is 0 Å². The molecular weight excluding hydrogens is 254 g/mol. The van der Waals surface area contributed by atoms with Crippen LogP contribution in [0.5, 0.6) is 0 Å². The van der Waals surface area contributed by atoms with Crippen LogP contribution in [0.25, 0.3) is 0 Å². The number of carbonyl (C=O) groups excluding carboxylic acids is 1. The number of hydrogen-bond donors (Lipinski definition) is 2. The number of amidine groups is 1. The highest BCUT2D eigenvalue weighted by Crippen LogP contribution is 2.21. The van der Waals surface area contributed by atoms with Crippen LogP contribution in [-0.4, -0.2) is 28.4 Å². The summed E-state index contributed by atoms with van der Waals surface area (Å²) in [5.41, 5.74) is 8.14. The van der Waals surface area contributed by atoms with Crippen LogP contribution in [0.4, 0.5) is 0 Å². The topological polar surface area (TPSA) is 78.9 Å². The van der Waals surface area contributed by atoms with E-state index in [1.807, 2.05) is 25.1 Å². The first-order valence-corrected chi connectivity index (χ1v) is 7.00. The van der Waals surface area contributed by atoms with Gasteiger partial charge in [-0.15, -0.1) is 0 Å². The Balaban J connectivity index is 2.14. The predicted octanol–water partition coefficient (Wildman–Crippen LogP) is 1.73. The number of nitrogens with zero attached hydrogens (tertiary/aromatic N) is 2. The van der Waals surface area contributed by atoms with Crippen LogP contribution in [0.2, 0.25) is 0 Å². The van der Waals surface area contributed by atoms with E-state index in [4.69, 9.17) is 10.9 Å². The molecule has 0 radical (unpaired) electrons. The fraction of sp³-hybridized carbons (Fsp3) is 0.467. The second-order valence-corrected chi connectivity index (χ2v) is 5.14. The van der Waals surface area contributed by atoms with Crippen molar-refractivity contribution in [3.8, 4) is 0 Å². The summed E-state index contributed by atoms with van der Waals surface area (Å²) in [6.45, 7) is 3.28. The Hall–Kier alpha value is -2.04. The van der Waals surface area contributed by atoms with Crippen LogP contribution in [0, 0.1) is 5.92 Å². The molecule has 0 saturated carbocycles. The van der Waals surface area contributed by atoms with Crippen LogP contribution >= 0.6 is 0 Å². The predicted molar refractivity (Wildman–Crippen MR) is 77.4 cm³/mol. The van der Waals surface area contributed by atoms with Gasteiger partial charge in [0.2, 0.25) is 5.91 Å². The molecule has 0 fully saturated rings. The van der Waals surface area contributed by atoms with Crippen molar-refractivity contribution in [1.82, 2.24) is 4.90 Å². The number of rotatable bonds is 4. The Labute approximate surface area is 119 Å². The molecule has 0 spiro atoms. The second kappa shape index (κ2) is 6.41. The largest absolute Gasteiger partial charge is 0.409 e. The van der Waals surface area contributed by atoms with Gasteiger partial charge in [0.15, 0.2) is 5.84 Å². The summed E-state index contributed by atoms with van der Waals surface area (Å²) in [6.07, 6.45) is 2.28. The van der Waals surface area contributed by atoms with E-state index in [-0.39, 0.29) is 11.7 Å². The maximum atomic E-state index is 12.6. The van der Waals surface area contributed by atoms with Gasteiger partial charge < -0.3 is 15.8 Å². The molecule has 1 aliphatic heterocycles. The van der Waals surface area contributed by atoms with Gasteiger partial charge in [0.05, 0.1) is 5.92 Å². The maximum absolute atomic E-state index is 12.6. The van der Waals surface area contributed by atoms with Gasteiger partial charge in [-0.2, -0.15) is 0 Å². The van der Waals surface area contributed by atoms with Gasteiger partial charge in [-0.3, -0.25) is 4.79 Å². The Morgan fingerprint density at radius 2 is 2.15 bits per heavy atom. The number of amides is 1. The third-order valence-electron chi connectivity index (χ3n) is 3.79. The minimum Gasteiger partial charge on any atom is -0.409 e. The van der Waals surface area contributed by atoms with E-state index in [1.165, 1.54) is 11.1 Å². The average Bonchev–Trinajstić information content (AvgIpc) is 2.50. The molecule has 1 atom stereocenters. The van der Waals surface area contributed by atoms with Gasteiger partial charge in [0.25, 0.3) is 0 Å². The van der Waals surface area contributed by atoms with E-state index in [1.54, 1.807) is 4.90 Å². The number of oxime groups is 1. The van der Waals surface area contributed by atoms with E-state index in [9.17, 15) is 4.79 Å². The highest BCUT2D eigenvalue weighted by atomic mass is 16.4. The van der Waals surface area contributed by atoms with Crippen LogP contribution < -0.4 is 5.73 Å². The van der Waals surface area contributed by atoms with Gasteiger partial charge in [-0.05, 0) is 24.0 Å². The summed E-state index contributed by atoms with van der Waals surface area (Å²) >= 11 is 0. The number of fused-ring (bicyclic) bond motifs is 1. The molecule has 1 aliphatic rings. The van der Waals surface area contributed by atoms with Crippen molar-refractivity contribution in [3.05, 3.63) is 35.4 Å². The number of benzene rings is 1. The van der Waals surface area contributed by atoms with Crippen LogP contribution in [-0.2, 0) is 17.8 Å². The van der Waals surface area contributed by atoms with Crippen molar-refractivity contribution in [2.75, 3.05) is 6.54 Å². The van der Waals surface area contributed by atoms with E-state index in [0.717, 1.165) is 12.8 Å². The van der Waals surface area contributed by atoms with Crippen LogP contribution in [0.3, 0.4) is 0 Å². The standard InChI is InChI=1S/C15H21N3O2/c1-2-5-13(14(16)17-20)15(19)18-9-8-11-6-3-4-7-12(11)10-18/h3-4,6-7,13,20H,2,5,8-10H2,1H3,(H2,16,17). The first kappa shape index (κ1) is 14.4. The van der Waals surface area contributed by atoms with Crippen molar-refractivity contribution in [1.29, 1.82) is 0 Å². The zero-order chi connectivity index (χ0) is 14.5.